The Morgan fingerprint density at radius 1 is 1.43 bits per heavy atom. The van der Waals surface area contributed by atoms with Crippen LogP contribution in [0.5, 0.6) is 0 Å². The van der Waals surface area contributed by atoms with Crippen LogP contribution in [0.15, 0.2) is 18.5 Å². The third kappa shape index (κ3) is 4.15. The Hall–Kier alpha value is -1.77. The molecule has 0 bridgehead atoms. The van der Waals surface area contributed by atoms with E-state index in [2.05, 4.69) is 39.0 Å². The van der Waals surface area contributed by atoms with Gasteiger partial charge in [0, 0.05) is 37.9 Å². The fourth-order valence-electron chi connectivity index (χ4n) is 2.70. The number of hydrogen-bond donors (Lipinski definition) is 2. The number of aromatic nitrogens is 5. The number of aliphatic hydroxyl groups excluding tert-OH is 1. The van der Waals surface area contributed by atoms with Gasteiger partial charge in [0.2, 0.25) is 0 Å². The molecule has 2 N–H and O–H groups in total. The van der Waals surface area contributed by atoms with E-state index in [1.165, 1.54) is 0 Å². The molecule has 0 radical (unpaired) electrons. The summed E-state index contributed by atoms with van der Waals surface area (Å²) in [6.07, 6.45) is 2.98. The van der Waals surface area contributed by atoms with Gasteiger partial charge in [-0.2, -0.15) is 10.2 Å². The van der Waals surface area contributed by atoms with E-state index in [1.54, 1.807) is 10.9 Å². The monoisotopic (exact) mass is 320 g/mol. The summed E-state index contributed by atoms with van der Waals surface area (Å²) in [4.78, 5) is 6.71. The third-order valence-electron chi connectivity index (χ3n) is 3.92. The Balaban J connectivity index is 1.55. The average molecular weight is 320 g/mol. The minimum Gasteiger partial charge on any atom is -0.390 e. The van der Waals surface area contributed by atoms with Crippen molar-refractivity contribution >= 4 is 0 Å². The van der Waals surface area contributed by atoms with Crippen molar-refractivity contribution in [2.24, 2.45) is 0 Å². The quantitative estimate of drug-likeness (QED) is 0.808. The van der Waals surface area contributed by atoms with Crippen molar-refractivity contribution in [2.75, 3.05) is 26.2 Å². The summed E-state index contributed by atoms with van der Waals surface area (Å²) >= 11 is 0. The highest BCUT2D eigenvalue weighted by Gasteiger charge is 2.26. The van der Waals surface area contributed by atoms with Crippen molar-refractivity contribution in [3.8, 4) is 0 Å². The molecule has 126 valence electrons. The Bertz CT molecular complexity index is 597. The van der Waals surface area contributed by atoms with Crippen LogP contribution in [0.3, 0.4) is 0 Å². The predicted octanol–water partition coefficient (Wildman–Crippen LogP) is 0.559. The zero-order valence-corrected chi connectivity index (χ0v) is 13.6. The summed E-state index contributed by atoms with van der Waals surface area (Å²) in [5.41, 5.74) is 0. The number of nitrogens with zero attached hydrogens (tertiary/aromatic N) is 5. The maximum atomic E-state index is 10.2. The van der Waals surface area contributed by atoms with Gasteiger partial charge in [-0.25, -0.2) is 4.98 Å². The molecule has 0 unspecified atom stereocenters. The number of rotatable bonds is 6. The number of morpholine rings is 1. The highest BCUT2D eigenvalue weighted by atomic mass is 16.5. The molecule has 8 heteroatoms. The molecule has 23 heavy (non-hydrogen) atoms. The van der Waals surface area contributed by atoms with E-state index < -0.39 is 6.10 Å². The normalized spacial score (nSPS) is 21.0. The molecule has 1 aliphatic rings. The topological polar surface area (TPSA) is 92.1 Å². The first-order valence-corrected chi connectivity index (χ1v) is 8.03. The molecule has 0 amide bonds. The lowest BCUT2D eigenvalue weighted by Gasteiger charge is -2.33. The van der Waals surface area contributed by atoms with Crippen molar-refractivity contribution in [3.63, 3.8) is 0 Å². The first-order chi connectivity index (χ1) is 11.1. The van der Waals surface area contributed by atoms with Gasteiger partial charge in [-0.1, -0.05) is 13.8 Å². The molecule has 1 aliphatic heterocycles. The number of aliphatic hydroxyl groups is 1. The predicted molar refractivity (Wildman–Crippen MR) is 83.8 cm³/mol. The van der Waals surface area contributed by atoms with E-state index in [9.17, 15) is 5.11 Å². The molecule has 2 atom stereocenters. The molecule has 1 fully saturated rings. The second-order valence-corrected chi connectivity index (χ2v) is 6.23. The van der Waals surface area contributed by atoms with Gasteiger partial charge in [0.25, 0.3) is 0 Å². The van der Waals surface area contributed by atoms with Crippen LogP contribution in [0.25, 0.3) is 0 Å². The fraction of sp³-hybridized carbons (Fsp3) is 0.667. The summed E-state index contributed by atoms with van der Waals surface area (Å²) in [5.74, 6) is 1.86. The molecule has 3 heterocycles. The smallest absolute Gasteiger partial charge is 0.155 e. The average Bonchev–Trinajstić information content (AvgIpc) is 3.18. The van der Waals surface area contributed by atoms with E-state index in [4.69, 9.17) is 4.74 Å². The van der Waals surface area contributed by atoms with E-state index in [0.29, 0.717) is 26.2 Å². The van der Waals surface area contributed by atoms with Crippen molar-refractivity contribution in [1.82, 2.24) is 29.9 Å². The molecule has 2 aromatic rings. The Morgan fingerprint density at radius 3 is 3.00 bits per heavy atom. The number of H-pyrrole nitrogens is 1. The second-order valence-electron chi connectivity index (χ2n) is 6.23. The minimum atomic E-state index is -0.463. The van der Waals surface area contributed by atoms with E-state index >= 15 is 0 Å². The molecule has 3 rings (SSSR count). The Kier molecular flexibility index (Phi) is 5.04. The molecular formula is C15H24N6O2. The van der Waals surface area contributed by atoms with Gasteiger partial charge in [-0.15, -0.1) is 0 Å². The van der Waals surface area contributed by atoms with Gasteiger partial charge in [-0.3, -0.25) is 14.7 Å². The summed E-state index contributed by atoms with van der Waals surface area (Å²) in [5, 5.41) is 21.6. The zero-order valence-electron chi connectivity index (χ0n) is 13.6. The maximum absolute atomic E-state index is 10.2. The van der Waals surface area contributed by atoms with Gasteiger partial charge < -0.3 is 9.84 Å². The Morgan fingerprint density at radius 2 is 2.30 bits per heavy atom. The third-order valence-corrected chi connectivity index (χ3v) is 3.92. The largest absolute Gasteiger partial charge is 0.390 e. The second kappa shape index (κ2) is 7.20. The zero-order chi connectivity index (χ0) is 16.2. The van der Waals surface area contributed by atoms with Crippen LogP contribution in [0.2, 0.25) is 0 Å². The summed E-state index contributed by atoms with van der Waals surface area (Å²) in [6.45, 7) is 7.33. The van der Waals surface area contributed by atoms with Crippen molar-refractivity contribution in [1.29, 1.82) is 0 Å². The summed E-state index contributed by atoms with van der Waals surface area (Å²) in [6, 6.07) is 1.85. The number of hydrogen-bond acceptors (Lipinski definition) is 6. The number of ether oxygens (including phenoxy) is 1. The van der Waals surface area contributed by atoms with Crippen LogP contribution < -0.4 is 0 Å². The molecule has 8 nitrogen and oxygen atoms in total. The molecule has 0 aromatic carbocycles. The van der Waals surface area contributed by atoms with Gasteiger partial charge in [0.05, 0.1) is 19.3 Å². The molecule has 2 aromatic heterocycles. The van der Waals surface area contributed by atoms with Gasteiger partial charge >= 0.3 is 0 Å². The van der Waals surface area contributed by atoms with Crippen LogP contribution in [0.1, 0.15) is 37.5 Å². The van der Waals surface area contributed by atoms with Crippen LogP contribution in [-0.2, 0) is 11.3 Å². The number of nitrogens with one attached hydrogen (secondary N) is 1. The first-order valence-electron chi connectivity index (χ1n) is 8.03. The van der Waals surface area contributed by atoms with Crippen LogP contribution >= 0.6 is 0 Å². The highest BCUT2D eigenvalue weighted by Crippen LogP contribution is 2.20. The van der Waals surface area contributed by atoms with Crippen LogP contribution in [-0.4, -0.2) is 67.3 Å². The molecule has 0 aliphatic carbocycles. The molecule has 0 spiro atoms. The standard InChI is InChI=1S/C15H24N6O2/c1-11(2)14-17-15(19-18-14)13-10-20(6-7-23-13)8-12(22)9-21-5-3-4-16-21/h3-5,11-13,22H,6-10H2,1-2H3,(H,17,18,19)/t12-,13-/m0/s1. The van der Waals surface area contributed by atoms with E-state index in [1.807, 2.05) is 12.3 Å². The summed E-state index contributed by atoms with van der Waals surface area (Å²) < 4.78 is 7.54. The van der Waals surface area contributed by atoms with Gasteiger partial charge in [-0.05, 0) is 6.07 Å². The van der Waals surface area contributed by atoms with E-state index in [0.717, 1.165) is 18.2 Å². The van der Waals surface area contributed by atoms with Gasteiger partial charge in [0.15, 0.2) is 11.6 Å². The lowest BCUT2D eigenvalue weighted by atomic mass is 10.2. The molecule has 0 saturated carbocycles. The SMILES string of the molecule is CC(C)c1n[nH]c([C@@H]2CN(C[C@H](O)Cn3cccn3)CCO2)n1. The number of β-amino-alcohol motifs (C(OH)–C–C–N with tert-alkyl or cyclic N) is 1. The fourth-order valence-corrected chi connectivity index (χ4v) is 2.70. The van der Waals surface area contributed by atoms with E-state index in [-0.39, 0.29) is 12.0 Å². The van der Waals surface area contributed by atoms with Gasteiger partial charge in [0.1, 0.15) is 6.10 Å². The van der Waals surface area contributed by atoms with Crippen molar-refractivity contribution < 1.29 is 9.84 Å². The lowest BCUT2D eigenvalue weighted by molar-refractivity contribution is -0.0473. The Labute approximate surface area is 135 Å². The van der Waals surface area contributed by atoms with Crippen LogP contribution in [0, 0.1) is 0 Å². The highest BCUT2D eigenvalue weighted by molar-refractivity contribution is 4.99. The molecule has 1 saturated heterocycles. The molecular weight excluding hydrogens is 296 g/mol. The number of aromatic amines is 1. The summed E-state index contributed by atoms with van der Waals surface area (Å²) in [7, 11) is 0. The maximum Gasteiger partial charge on any atom is 0.155 e. The minimum absolute atomic E-state index is 0.124. The first kappa shape index (κ1) is 16.1. The van der Waals surface area contributed by atoms with Crippen molar-refractivity contribution in [2.45, 2.75) is 38.5 Å². The lowest BCUT2D eigenvalue weighted by Crippen LogP contribution is -2.43. The van der Waals surface area contributed by atoms with Crippen LogP contribution in [0.4, 0.5) is 0 Å². The van der Waals surface area contributed by atoms with Crippen molar-refractivity contribution in [3.05, 3.63) is 30.1 Å².